The van der Waals surface area contributed by atoms with Gasteiger partial charge in [-0.2, -0.15) is 0 Å². The largest absolute Gasteiger partial charge is 0.481 e. The quantitative estimate of drug-likeness (QED) is 0.898. The Kier molecular flexibility index (Phi) is 3.90. The van der Waals surface area contributed by atoms with E-state index >= 15 is 0 Å². The topological polar surface area (TPSA) is 45.5 Å². The zero-order valence-corrected chi connectivity index (χ0v) is 11.6. The number of hydrogen-bond donors (Lipinski definition) is 1. The van der Waals surface area contributed by atoms with Gasteiger partial charge in [-0.1, -0.05) is 18.2 Å². The second-order valence-electron chi connectivity index (χ2n) is 5.14. The van der Waals surface area contributed by atoms with Gasteiger partial charge in [-0.25, -0.2) is 0 Å². The van der Waals surface area contributed by atoms with Crippen LogP contribution in [0.4, 0.5) is 0 Å². The lowest BCUT2D eigenvalue weighted by Gasteiger charge is -2.22. The molecule has 4 heteroatoms. The van der Waals surface area contributed by atoms with Gasteiger partial charge in [0.25, 0.3) is 0 Å². The van der Waals surface area contributed by atoms with Crippen molar-refractivity contribution in [3.05, 3.63) is 36.0 Å². The highest BCUT2D eigenvalue weighted by Gasteiger charge is 2.15. The van der Waals surface area contributed by atoms with E-state index in [0.29, 0.717) is 0 Å². The van der Waals surface area contributed by atoms with Crippen LogP contribution in [0, 0.1) is 0 Å². The summed E-state index contributed by atoms with van der Waals surface area (Å²) in [4.78, 5) is 12.8. The molecule has 0 aliphatic carbocycles. The maximum absolute atomic E-state index is 10.8. The van der Waals surface area contributed by atoms with Crippen molar-refractivity contribution in [1.82, 2.24) is 9.47 Å². The normalized spacial score (nSPS) is 13.1. The Morgan fingerprint density at radius 1 is 1.42 bits per heavy atom. The molecular formula is C15H20N2O2. The van der Waals surface area contributed by atoms with E-state index in [1.807, 2.05) is 33.2 Å². The molecule has 1 aromatic carbocycles. The van der Waals surface area contributed by atoms with Gasteiger partial charge in [-0.3, -0.25) is 9.69 Å². The van der Waals surface area contributed by atoms with Crippen LogP contribution >= 0.6 is 0 Å². The van der Waals surface area contributed by atoms with Gasteiger partial charge >= 0.3 is 5.97 Å². The van der Waals surface area contributed by atoms with E-state index in [0.717, 1.165) is 6.54 Å². The SMILES string of the molecule is CC(CC(=O)O)N(C)Cc1cn(C)c2ccccc12. The lowest BCUT2D eigenvalue weighted by molar-refractivity contribution is -0.138. The predicted molar refractivity (Wildman–Crippen MR) is 76.1 cm³/mol. The number of hydrogen-bond acceptors (Lipinski definition) is 2. The summed E-state index contributed by atoms with van der Waals surface area (Å²) in [5, 5.41) is 10.1. The first-order chi connectivity index (χ1) is 8.99. The number of carbonyl (C=O) groups is 1. The monoisotopic (exact) mass is 260 g/mol. The molecule has 1 N–H and O–H groups in total. The molecule has 19 heavy (non-hydrogen) atoms. The van der Waals surface area contributed by atoms with Crippen molar-refractivity contribution in [3.63, 3.8) is 0 Å². The molecule has 2 rings (SSSR count). The van der Waals surface area contributed by atoms with Crippen molar-refractivity contribution in [2.75, 3.05) is 7.05 Å². The Labute approximate surface area is 113 Å². The van der Waals surface area contributed by atoms with Gasteiger partial charge in [0, 0.05) is 36.7 Å². The van der Waals surface area contributed by atoms with Crippen LogP contribution in [-0.4, -0.2) is 33.6 Å². The molecule has 4 nitrogen and oxygen atoms in total. The van der Waals surface area contributed by atoms with Gasteiger partial charge in [-0.15, -0.1) is 0 Å². The maximum Gasteiger partial charge on any atom is 0.304 e. The predicted octanol–water partition coefficient (Wildman–Crippen LogP) is 2.47. The number of rotatable bonds is 5. The zero-order chi connectivity index (χ0) is 14.0. The highest BCUT2D eigenvalue weighted by Crippen LogP contribution is 2.22. The lowest BCUT2D eigenvalue weighted by atomic mass is 10.1. The van der Waals surface area contributed by atoms with Crippen LogP contribution < -0.4 is 0 Å². The van der Waals surface area contributed by atoms with E-state index in [1.54, 1.807) is 0 Å². The molecule has 102 valence electrons. The van der Waals surface area contributed by atoms with Crippen LogP contribution in [-0.2, 0) is 18.4 Å². The summed E-state index contributed by atoms with van der Waals surface area (Å²) in [5.74, 6) is -0.753. The van der Waals surface area contributed by atoms with Crippen LogP contribution in [0.3, 0.4) is 0 Å². The van der Waals surface area contributed by atoms with Gasteiger partial charge in [-0.05, 0) is 25.6 Å². The Hall–Kier alpha value is -1.81. The van der Waals surface area contributed by atoms with Crippen LogP contribution in [0.25, 0.3) is 10.9 Å². The van der Waals surface area contributed by atoms with Gasteiger partial charge in [0.2, 0.25) is 0 Å². The van der Waals surface area contributed by atoms with Crippen LogP contribution in [0.1, 0.15) is 18.9 Å². The molecule has 0 bridgehead atoms. The fraction of sp³-hybridized carbons (Fsp3) is 0.400. The number of aromatic nitrogens is 1. The molecule has 0 radical (unpaired) electrons. The van der Waals surface area contributed by atoms with Crippen LogP contribution in [0.2, 0.25) is 0 Å². The van der Waals surface area contributed by atoms with E-state index in [-0.39, 0.29) is 12.5 Å². The number of carboxylic acid groups (broad SMARTS) is 1. The smallest absolute Gasteiger partial charge is 0.304 e. The number of aliphatic carboxylic acids is 1. The van der Waals surface area contributed by atoms with Crippen molar-refractivity contribution in [3.8, 4) is 0 Å². The molecule has 1 unspecified atom stereocenters. The molecule has 2 aromatic rings. The summed E-state index contributed by atoms with van der Waals surface area (Å²) in [6.45, 7) is 2.70. The van der Waals surface area contributed by atoms with Crippen molar-refractivity contribution in [2.24, 2.45) is 7.05 Å². The fourth-order valence-corrected chi connectivity index (χ4v) is 2.38. The van der Waals surface area contributed by atoms with Crippen molar-refractivity contribution < 1.29 is 9.90 Å². The summed E-state index contributed by atoms with van der Waals surface area (Å²) in [7, 11) is 4.00. The highest BCUT2D eigenvalue weighted by molar-refractivity contribution is 5.83. The molecule has 0 fully saturated rings. The third kappa shape index (κ3) is 2.96. The molecule has 0 amide bonds. The van der Waals surface area contributed by atoms with E-state index in [2.05, 4.69) is 27.8 Å². The summed E-state index contributed by atoms with van der Waals surface area (Å²) in [6, 6.07) is 8.30. The first kappa shape index (κ1) is 13.6. The minimum atomic E-state index is -0.753. The molecule has 1 heterocycles. The third-order valence-electron chi connectivity index (χ3n) is 3.62. The lowest BCUT2D eigenvalue weighted by Crippen LogP contribution is -2.30. The summed E-state index contributed by atoms with van der Waals surface area (Å²) in [6.07, 6.45) is 2.29. The van der Waals surface area contributed by atoms with E-state index in [9.17, 15) is 4.79 Å². The minimum absolute atomic E-state index is 0.0245. The Balaban J connectivity index is 2.19. The van der Waals surface area contributed by atoms with Crippen molar-refractivity contribution in [2.45, 2.75) is 25.9 Å². The van der Waals surface area contributed by atoms with Crippen molar-refractivity contribution in [1.29, 1.82) is 0 Å². The summed E-state index contributed by atoms with van der Waals surface area (Å²) in [5.41, 5.74) is 2.44. The highest BCUT2D eigenvalue weighted by atomic mass is 16.4. The molecule has 1 aromatic heterocycles. The second kappa shape index (κ2) is 5.45. The van der Waals surface area contributed by atoms with E-state index < -0.39 is 5.97 Å². The summed E-state index contributed by atoms with van der Waals surface area (Å²) >= 11 is 0. The van der Waals surface area contributed by atoms with Gasteiger partial charge in [0.05, 0.1) is 6.42 Å². The number of aryl methyl sites for hydroxylation is 1. The molecule has 1 atom stereocenters. The first-order valence-electron chi connectivity index (χ1n) is 6.44. The van der Waals surface area contributed by atoms with Gasteiger partial charge < -0.3 is 9.67 Å². The molecule has 0 aliphatic heterocycles. The van der Waals surface area contributed by atoms with Crippen LogP contribution in [0.15, 0.2) is 30.5 Å². The number of nitrogens with zero attached hydrogens (tertiary/aromatic N) is 2. The molecular weight excluding hydrogens is 240 g/mol. The third-order valence-corrected chi connectivity index (χ3v) is 3.62. The van der Waals surface area contributed by atoms with E-state index in [4.69, 9.17) is 5.11 Å². The van der Waals surface area contributed by atoms with E-state index in [1.165, 1.54) is 16.5 Å². The average molecular weight is 260 g/mol. The molecule has 0 saturated heterocycles. The van der Waals surface area contributed by atoms with Crippen molar-refractivity contribution >= 4 is 16.9 Å². The Bertz CT molecular complexity index is 589. The van der Waals surface area contributed by atoms with Gasteiger partial charge in [0.15, 0.2) is 0 Å². The number of benzene rings is 1. The average Bonchev–Trinajstić information content (AvgIpc) is 2.66. The van der Waals surface area contributed by atoms with Crippen LogP contribution in [0.5, 0.6) is 0 Å². The Morgan fingerprint density at radius 2 is 2.11 bits per heavy atom. The zero-order valence-electron chi connectivity index (χ0n) is 11.6. The molecule has 0 spiro atoms. The van der Waals surface area contributed by atoms with Gasteiger partial charge in [0.1, 0.15) is 0 Å². The number of carboxylic acids is 1. The molecule has 0 aliphatic rings. The minimum Gasteiger partial charge on any atom is -0.481 e. The summed E-state index contributed by atoms with van der Waals surface area (Å²) < 4.78 is 2.11. The standard InChI is InChI=1S/C15H20N2O2/c1-11(8-15(18)19)16(2)9-12-10-17(3)14-7-5-4-6-13(12)14/h4-7,10-11H,8-9H2,1-3H3,(H,18,19). The number of fused-ring (bicyclic) bond motifs is 1. The maximum atomic E-state index is 10.8. The fourth-order valence-electron chi connectivity index (χ4n) is 2.38. The molecule has 0 saturated carbocycles. The Morgan fingerprint density at radius 3 is 2.79 bits per heavy atom. The first-order valence-corrected chi connectivity index (χ1v) is 6.44. The second-order valence-corrected chi connectivity index (χ2v) is 5.14. The number of para-hydroxylation sites is 1.